The van der Waals surface area contributed by atoms with E-state index in [1.165, 1.54) is 6.33 Å². The highest BCUT2D eigenvalue weighted by molar-refractivity contribution is 5.56. The Morgan fingerprint density at radius 1 is 1.37 bits per heavy atom. The van der Waals surface area contributed by atoms with Crippen LogP contribution in [0.4, 0.5) is 11.6 Å². The van der Waals surface area contributed by atoms with E-state index >= 15 is 0 Å². The van der Waals surface area contributed by atoms with E-state index in [0.29, 0.717) is 11.7 Å². The molecular formula is C13H25N5O. The van der Waals surface area contributed by atoms with Crippen molar-refractivity contribution in [1.82, 2.24) is 9.97 Å². The minimum atomic E-state index is 0.246. The molecule has 0 aliphatic carbocycles. The van der Waals surface area contributed by atoms with E-state index in [0.717, 1.165) is 43.6 Å². The fourth-order valence-electron chi connectivity index (χ4n) is 1.92. The molecule has 108 valence electrons. The zero-order valence-electron chi connectivity index (χ0n) is 11.8. The number of anilines is 2. The van der Waals surface area contributed by atoms with Crippen LogP contribution in [0.1, 0.15) is 38.7 Å². The van der Waals surface area contributed by atoms with Crippen LogP contribution in [-0.2, 0) is 6.42 Å². The highest BCUT2D eigenvalue weighted by atomic mass is 16.3. The highest BCUT2D eigenvalue weighted by Gasteiger charge is 2.09. The summed E-state index contributed by atoms with van der Waals surface area (Å²) in [5.74, 6) is 7.35. The third-order valence-electron chi connectivity index (χ3n) is 3.06. The first-order valence-electron chi connectivity index (χ1n) is 6.88. The maximum atomic E-state index is 8.97. The number of aliphatic hydroxyl groups excluding tert-OH is 1. The number of hydrogen-bond donors (Lipinski definition) is 4. The Balaban J connectivity index is 2.57. The molecule has 0 amide bonds. The van der Waals surface area contributed by atoms with E-state index < -0.39 is 0 Å². The second kappa shape index (κ2) is 8.66. The SMILES string of the molecule is CCCc1c(NN)ncnc1NCCCC(C)CO. The Labute approximate surface area is 114 Å². The van der Waals surface area contributed by atoms with Gasteiger partial charge in [0.15, 0.2) is 0 Å². The average molecular weight is 267 g/mol. The highest BCUT2D eigenvalue weighted by Crippen LogP contribution is 2.20. The molecule has 5 N–H and O–H groups in total. The molecule has 6 nitrogen and oxygen atoms in total. The summed E-state index contributed by atoms with van der Waals surface area (Å²) in [7, 11) is 0. The maximum Gasteiger partial charge on any atom is 0.148 e. The zero-order chi connectivity index (χ0) is 14.1. The summed E-state index contributed by atoms with van der Waals surface area (Å²) in [4.78, 5) is 8.40. The number of aliphatic hydroxyl groups is 1. The number of rotatable bonds is 9. The van der Waals surface area contributed by atoms with Gasteiger partial charge in [0.2, 0.25) is 0 Å². The van der Waals surface area contributed by atoms with Gasteiger partial charge in [0.25, 0.3) is 0 Å². The van der Waals surface area contributed by atoms with E-state index in [1.54, 1.807) is 0 Å². The molecule has 1 aromatic heterocycles. The van der Waals surface area contributed by atoms with Gasteiger partial charge in [-0.05, 0) is 25.2 Å². The number of hydrazine groups is 1. The molecule has 0 saturated carbocycles. The minimum absolute atomic E-state index is 0.246. The summed E-state index contributed by atoms with van der Waals surface area (Å²) >= 11 is 0. The minimum Gasteiger partial charge on any atom is -0.396 e. The second-order valence-electron chi connectivity index (χ2n) is 4.80. The van der Waals surface area contributed by atoms with Crippen molar-refractivity contribution in [3.8, 4) is 0 Å². The first kappa shape index (κ1) is 15.7. The van der Waals surface area contributed by atoms with Crippen molar-refractivity contribution in [2.45, 2.75) is 39.5 Å². The number of nitrogens with zero attached hydrogens (tertiary/aromatic N) is 2. The zero-order valence-corrected chi connectivity index (χ0v) is 11.8. The molecule has 0 spiro atoms. The normalized spacial score (nSPS) is 12.2. The van der Waals surface area contributed by atoms with Gasteiger partial charge in [0.1, 0.15) is 18.0 Å². The predicted molar refractivity (Wildman–Crippen MR) is 77.8 cm³/mol. The lowest BCUT2D eigenvalue weighted by molar-refractivity contribution is 0.229. The van der Waals surface area contributed by atoms with Gasteiger partial charge in [-0.15, -0.1) is 0 Å². The molecule has 6 heteroatoms. The Kier molecular flexibility index (Phi) is 7.14. The molecule has 0 saturated heterocycles. The summed E-state index contributed by atoms with van der Waals surface area (Å²) in [5, 5.41) is 12.3. The molecular weight excluding hydrogens is 242 g/mol. The summed E-state index contributed by atoms with van der Waals surface area (Å²) in [6, 6.07) is 0. The summed E-state index contributed by atoms with van der Waals surface area (Å²) in [6.45, 7) is 5.24. The standard InChI is InChI=1S/C13H25N5O/c1-3-5-11-12(16-9-17-13(11)18-14)15-7-4-6-10(2)8-19/h9-10,19H,3-8,14H2,1-2H3,(H2,15,16,17,18). The number of nitrogens with two attached hydrogens (primary N) is 1. The maximum absolute atomic E-state index is 8.97. The third kappa shape index (κ3) is 5.00. The van der Waals surface area contributed by atoms with Gasteiger partial charge in [0, 0.05) is 18.7 Å². The lowest BCUT2D eigenvalue weighted by Crippen LogP contribution is -2.15. The van der Waals surface area contributed by atoms with Gasteiger partial charge in [-0.3, -0.25) is 0 Å². The Bertz CT molecular complexity index is 372. The monoisotopic (exact) mass is 267 g/mol. The van der Waals surface area contributed by atoms with E-state index in [4.69, 9.17) is 10.9 Å². The molecule has 0 aliphatic rings. The van der Waals surface area contributed by atoms with Gasteiger partial charge in [0.05, 0.1) is 0 Å². The van der Waals surface area contributed by atoms with E-state index in [9.17, 15) is 0 Å². The van der Waals surface area contributed by atoms with Gasteiger partial charge in [-0.1, -0.05) is 20.3 Å². The van der Waals surface area contributed by atoms with Crippen molar-refractivity contribution < 1.29 is 5.11 Å². The number of nitrogen functional groups attached to an aromatic ring is 1. The van der Waals surface area contributed by atoms with Crippen molar-refractivity contribution in [3.05, 3.63) is 11.9 Å². The Hall–Kier alpha value is -1.40. The van der Waals surface area contributed by atoms with E-state index in [1.807, 2.05) is 6.92 Å². The quantitative estimate of drug-likeness (QED) is 0.308. The van der Waals surface area contributed by atoms with Crippen LogP contribution >= 0.6 is 0 Å². The molecule has 0 fully saturated rings. The van der Waals surface area contributed by atoms with E-state index in [2.05, 4.69) is 27.6 Å². The molecule has 1 aromatic rings. The molecule has 1 atom stereocenters. The topological polar surface area (TPSA) is 96.1 Å². The summed E-state index contributed by atoms with van der Waals surface area (Å²) in [6.07, 6.45) is 5.41. The lowest BCUT2D eigenvalue weighted by Gasteiger charge is -2.14. The molecule has 1 rings (SSSR count). The first-order chi connectivity index (χ1) is 9.22. The number of nitrogens with one attached hydrogen (secondary N) is 2. The smallest absolute Gasteiger partial charge is 0.148 e. The summed E-state index contributed by atoms with van der Waals surface area (Å²) in [5.41, 5.74) is 3.64. The Morgan fingerprint density at radius 2 is 2.11 bits per heavy atom. The third-order valence-corrected chi connectivity index (χ3v) is 3.06. The van der Waals surface area contributed by atoms with Gasteiger partial charge in [-0.25, -0.2) is 15.8 Å². The van der Waals surface area contributed by atoms with Crippen LogP contribution in [0, 0.1) is 5.92 Å². The van der Waals surface area contributed by atoms with Gasteiger partial charge < -0.3 is 15.8 Å². The predicted octanol–water partition coefficient (Wildman–Crippen LogP) is 1.54. The van der Waals surface area contributed by atoms with Crippen molar-refractivity contribution >= 4 is 11.6 Å². The summed E-state index contributed by atoms with van der Waals surface area (Å²) < 4.78 is 0. The van der Waals surface area contributed by atoms with Crippen LogP contribution in [0.25, 0.3) is 0 Å². The molecule has 0 bridgehead atoms. The lowest BCUT2D eigenvalue weighted by atomic mass is 10.1. The molecule has 19 heavy (non-hydrogen) atoms. The molecule has 1 unspecified atom stereocenters. The molecule has 0 radical (unpaired) electrons. The van der Waals surface area contributed by atoms with Gasteiger partial charge in [-0.2, -0.15) is 0 Å². The van der Waals surface area contributed by atoms with Crippen LogP contribution in [0.15, 0.2) is 6.33 Å². The average Bonchev–Trinajstić information content (AvgIpc) is 2.44. The van der Waals surface area contributed by atoms with Crippen molar-refractivity contribution in [1.29, 1.82) is 0 Å². The van der Waals surface area contributed by atoms with E-state index in [-0.39, 0.29) is 6.61 Å². The van der Waals surface area contributed by atoms with Crippen LogP contribution in [0.5, 0.6) is 0 Å². The number of aromatic nitrogens is 2. The van der Waals surface area contributed by atoms with Crippen LogP contribution in [0.3, 0.4) is 0 Å². The van der Waals surface area contributed by atoms with Crippen LogP contribution in [-0.4, -0.2) is 28.2 Å². The molecule has 1 heterocycles. The Morgan fingerprint density at radius 3 is 2.74 bits per heavy atom. The molecule has 0 aromatic carbocycles. The second-order valence-corrected chi connectivity index (χ2v) is 4.80. The van der Waals surface area contributed by atoms with Crippen LogP contribution in [0.2, 0.25) is 0 Å². The fourth-order valence-corrected chi connectivity index (χ4v) is 1.92. The molecule has 0 aliphatic heterocycles. The van der Waals surface area contributed by atoms with Crippen molar-refractivity contribution in [3.63, 3.8) is 0 Å². The number of hydrogen-bond acceptors (Lipinski definition) is 6. The fraction of sp³-hybridized carbons (Fsp3) is 0.692. The largest absolute Gasteiger partial charge is 0.396 e. The van der Waals surface area contributed by atoms with Crippen molar-refractivity contribution in [2.24, 2.45) is 11.8 Å². The van der Waals surface area contributed by atoms with Crippen molar-refractivity contribution in [2.75, 3.05) is 23.9 Å². The van der Waals surface area contributed by atoms with Crippen LogP contribution < -0.4 is 16.6 Å². The van der Waals surface area contributed by atoms with Gasteiger partial charge >= 0.3 is 0 Å². The first-order valence-corrected chi connectivity index (χ1v) is 6.88.